The molecule has 3 heteroatoms. The van der Waals surface area contributed by atoms with Gasteiger partial charge in [-0.3, -0.25) is 4.79 Å². The van der Waals surface area contributed by atoms with Crippen LogP contribution in [0.5, 0.6) is 0 Å². The van der Waals surface area contributed by atoms with Crippen molar-refractivity contribution in [2.45, 2.75) is 19.3 Å². The highest BCUT2D eigenvalue weighted by molar-refractivity contribution is 5.72. The van der Waals surface area contributed by atoms with Crippen LogP contribution in [-0.2, 0) is 14.3 Å². The SMILES string of the molecule is COCC(C(=O)OC)C1CCC1. The van der Waals surface area contributed by atoms with Gasteiger partial charge in [0.15, 0.2) is 0 Å². The molecule has 0 radical (unpaired) electrons. The summed E-state index contributed by atoms with van der Waals surface area (Å²) in [7, 11) is 3.05. The summed E-state index contributed by atoms with van der Waals surface area (Å²) in [5, 5.41) is 0. The van der Waals surface area contributed by atoms with Crippen molar-refractivity contribution in [2.24, 2.45) is 11.8 Å². The summed E-state index contributed by atoms with van der Waals surface area (Å²) in [5.74, 6) is 0.340. The predicted octanol–water partition coefficient (Wildman–Crippen LogP) is 1.22. The number of methoxy groups -OCH3 is 2. The molecule has 0 aromatic heterocycles. The Kier molecular flexibility index (Phi) is 3.53. The molecule has 0 aliphatic heterocycles. The van der Waals surface area contributed by atoms with Gasteiger partial charge in [-0.05, 0) is 18.8 Å². The third-order valence-electron chi connectivity index (χ3n) is 2.57. The maximum absolute atomic E-state index is 11.2. The minimum Gasteiger partial charge on any atom is -0.469 e. The fourth-order valence-corrected chi connectivity index (χ4v) is 1.57. The van der Waals surface area contributed by atoms with Gasteiger partial charge in [0.25, 0.3) is 0 Å². The van der Waals surface area contributed by atoms with Crippen LogP contribution in [0.15, 0.2) is 0 Å². The third-order valence-corrected chi connectivity index (χ3v) is 2.57. The van der Waals surface area contributed by atoms with Crippen LogP contribution in [0, 0.1) is 11.8 Å². The highest BCUT2D eigenvalue weighted by Crippen LogP contribution is 2.34. The Morgan fingerprint density at radius 3 is 2.50 bits per heavy atom. The average molecular weight is 172 g/mol. The van der Waals surface area contributed by atoms with E-state index in [-0.39, 0.29) is 11.9 Å². The van der Waals surface area contributed by atoms with E-state index < -0.39 is 0 Å². The van der Waals surface area contributed by atoms with E-state index in [1.54, 1.807) is 7.11 Å². The van der Waals surface area contributed by atoms with Crippen LogP contribution in [0.2, 0.25) is 0 Å². The van der Waals surface area contributed by atoms with Gasteiger partial charge in [-0.1, -0.05) is 6.42 Å². The quantitative estimate of drug-likeness (QED) is 0.598. The molecule has 0 spiro atoms. The van der Waals surface area contributed by atoms with Crippen molar-refractivity contribution < 1.29 is 14.3 Å². The van der Waals surface area contributed by atoms with E-state index in [2.05, 4.69) is 0 Å². The molecule has 0 N–H and O–H groups in total. The van der Waals surface area contributed by atoms with Crippen molar-refractivity contribution in [3.05, 3.63) is 0 Å². The van der Waals surface area contributed by atoms with E-state index in [0.29, 0.717) is 12.5 Å². The molecule has 0 heterocycles. The van der Waals surface area contributed by atoms with Crippen LogP contribution >= 0.6 is 0 Å². The molecule has 12 heavy (non-hydrogen) atoms. The zero-order chi connectivity index (χ0) is 8.97. The second kappa shape index (κ2) is 4.45. The molecule has 1 fully saturated rings. The summed E-state index contributed by atoms with van der Waals surface area (Å²) < 4.78 is 9.69. The monoisotopic (exact) mass is 172 g/mol. The Morgan fingerprint density at radius 1 is 1.50 bits per heavy atom. The first-order valence-corrected chi connectivity index (χ1v) is 4.36. The number of hydrogen-bond acceptors (Lipinski definition) is 3. The summed E-state index contributed by atoms with van der Waals surface area (Å²) in [5.41, 5.74) is 0. The zero-order valence-electron chi connectivity index (χ0n) is 7.71. The largest absolute Gasteiger partial charge is 0.469 e. The molecule has 0 aromatic rings. The number of carbonyl (C=O) groups is 1. The lowest BCUT2D eigenvalue weighted by molar-refractivity contribution is -0.151. The number of carbonyl (C=O) groups excluding carboxylic acids is 1. The van der Waals surface area contributed by atoms with Gasteiger partial charge in [0.1, 0.15) is 0 Å². The fraction of sp³-hybridized carbons (Fsp3) is 0.889. The molecule has 3 nitrogen and oxygen atoms in total. The second-order valence-electron chi connectivity index (χ2n) is 3.28. The van der Waals surface area contributed by atoms with Crippen LogP contribution in [0.3, 0.4) is 0 Å². The van der Waals surface area contributed by atoms with E-state index in [1.807, 2.05) is 0 Å². The first-order valence-electron chi connectivity index (χ1n) is 4.36. The molecule has 70 valence electrons. The first-order chi connectivity index (χ1) is 5.79. The molecule has 0 amide bonds. The lowest BCUT2D eigenvalue weighted by Crippen LogP contribution is -2.32. The molecule has 1 unspecified atom stereocenters. The van der Waals surface area contributed by atoms with Crippen LogP contribution < -0.4 is 0 Å². The van der Waals surface area contributed by atoms with Crippen LogP contribution in [0.25, 0.3) is 0 Å². The number of esters is 1. The highest BCUT2D eigenvalue weighted by Gasteiger charge is 2.33. The summed E-state index contributed by atoms with van der Waals surface area (Å²) in [4.78, 5) is 11.2. The average Bonchev–Trinajstić information content (AvgIpc) is 1.99. The normalized spacial score (nSPS) is 19.8. The first kappa shape index (κ1) is 9.52. The Balaban J connectivity index is 2.41. The van der Waals surface area contributed by atoms with Crippen LogP contribution in [0.1, 0.15) is 19.3 Å². The molecule has 1 aliphatic rings. The Labute approximate surface area is 73.0 Å². The maximum Gasteiger partial charge on any atom is 0.311 e. The van der Waals surface area contributed by atoms with Gasteiger partial charge in [-0.2, -0.15) is 0 Å². The van der Waals surface area contributed by atoms with E-state index in [1.165, 1.54) is 13.5 Å². The molecule has 0 saturated heterocycles. The molecule has 1 saturated carbocycles. The minimum absolute atomic E-state index is 0.0336. The van der Waals surface area contributed by atoms with Gasteiger partial charge in [0, 0.05) is 7.11 Å². The highest BCUT2D eigenvalue weighted by atomic mass is 16.5. The fourth-order valence-electron chi connectivity index (χ4n) is 1.57. The molecule has 1 rings (SSSR count). The van der Waals surface area contributed by atoms with E-state index in [9.17, 15) is 4.79 Å². The van der Waals surface area contributed by atoms with Gasteiger partial charge < -0.3 is 9.47 Å². The molecule has 1 aliphatic carbocycles. The number of ether oxygens (including phenoxy) is 2. The van der Waals surface area contributed by atoms with Crippen molar-refractivity contribution in [1.82, 2.24) is 0 Å². The summed E-state index contributed by atoms with van der Waals surface area (Å²) in [6, 6.07) is 0. The Bertz CT molecular complexity index is 152. The van der Waals surface area contributed by atoms with E-state index >= 15 is 0 Å². The molecule has 0 bridgehead atoms. The lowest BCUT2D eigenvalue weighted by atomic mass is 9.76. The molecule has 1 atom stereocenters. The molecular formula is C9H16O3. The lowest BCUT2D eigenvalue weighted by Gasteiger charge is -2.31. The van der Waals surface area contributed by atoms with Gasteiger partial charge in [0.2, 0.25) is 0 Å². The number of rotatable bonds is 4. The van der Waals surface area contributed by atoms with Gasteiger partial charge in [0.05, 0.1) is 19.6 Å². The third kappa shape index (κ3) is 1.97. The summed E-state index contributed by atoms with van der Waals surface area (Å²) in [6.45, 7) is 0.497. The van der Waals surface area contributed by atoms with Crippen LogP contribution in [0.4, 0.5) is 0 Å². The van der Waals surface area contributed by atoms with Crippen molar-refractivity contribution >= 4 is 5.97 Å². The molecule has 0 aromatic carbocycles. The van der Waals surface area contributed by atoms with Crippen LogP contribution in [-0.4, -0.2) is 26.8 Å². The predicted molar refractivity (Wildman–Crippen MR) is 44.7 cm³/mol. The Hall–Kier alpha value is -0.570. The minimum atomic E-state index is -0.124. The Morgan fingerprint density at radius 2 is 2.17 bits per heavy atom. The zero-order valence-corrected chi connectivity index (χ0v) is 7.71. The van der Waals surface area contributed by atoms with E-state index in [4.69, 9.17) is 9.47 Å². The van der Waals surface area contributed by atoms with Gasteiger partial charge in [-0.25, -0.2) is 0 Å². The van der Waals surface area contributed by atoms with Crippen molar-refractivity contribution in [3.8, 4) is 0 Å². The van der Waals surface area contributed by atoms with Gasteiger partial charge in [-0.15, -0.1) is 0 Å². The van der Waals surface area contributed by atoms with Crippen molar-refractivity contribution in [1.29, 1.82) is 0 Å². The molecular weight excluding hydrogens is 156 g/mol. The van der Waals surface area contributed by atoms with Crippen molar-refractivity contribution in [3.63, 3.8) is 0 Å². The number of hydrogen-bond donors (Lipinski definition) is 0. The maximum atomic E-state index is 11.2. The van der Waals surface area contributed by atoms with Gasteiger partial charge >= 0.3 is 5.97 Å². The second-order valence-corrected chi connectivity index (χ2v) is 3.28. The van der Waals surface area contributed by atoms with Crippen molar-refractivity contribution in [2.75, 3.05) is 20.8 Å². The summed E-state index contributed by atoms with van der Waals surface area (Å²) in [6.07, 6.45) is 3.52. The topological polar surface area (TPSA) is 35.5 Å². The van der Waals surface area contributed by atoms with E-state index in [0.717, 1.165) is 12.8 Å². The smallest absolute Gasteiger partial charge is 0.311 e. The standard InChI is InChI=1S/C9H16O3/c1-11-6-8(9(10)12-2)7-4-3-5-7/h7-8H,3-6H2,1-2H3. The summed E-state index contributed by atoms with van der Waals surface area (Å²) >= 11 is 0.